The molecule has 0 radical (unpaired) electrons. The van der Waals surface area contributed by atoms with E-state index in [-0.39, 0.29) is 0 Å². The molecule has 0 saturated heterocycles. The van der Waals surface area contributed by atoms with Crippen LogP contribution in [0.2, 0.25) is 0 Å². The van der Waals surface area contributed by atoms with Crippen molar-refractivity contribution in [3.63, 3.8) is 0 Å². The minimum atomic E-state index is 0.573. The SMILES string of the molecule is BrCOc1ccsc1. The second-order valence-electron chi connectivity index (χ2n) is 1.21. The lowest BCUT2D eigenvalue weighted by atomic mass is 10.6. The van der Waals surface area contributed by atoms with Crippen LogP contribution in [0.3, 0.4) is 0 Å². The van der Waals surface area contributed by atoms with Crippen LogP contribution in [0.1, 0.15) is 0 Å². The number of thiophene rings is 1. The highest BCUT2D eigenvalue weighted by atomic mass is 79.9. The van der Waals surface area contributed by atoms with Gasteiger partial charge in [-0.3, -0.25) is 0 Å². The molecule has 0 saturated carbocycles. The molecule has 0 N–H and O–H groups in total. The molecule has 8 heavy (non-hydrogen) atoms. The zero-order valence-electron chi connectivity index (χ0n) is 4.13. The first-order valence-electron chi connectivity index (χ1n) is 2.14. The number of ether oxygens (including phenoxy) is 1. The molecular weight excluding hydrogens is 188 g/mol. The van der Waals surface area contributed by atoms with Crippen molar-refractivity contribution >= 4 is 27.3 Å². The van der Waals surface area contributed by atoms with Crippen molar-refractivity contribution < 1.29 is 4.74 Å². The average molecular weight is 193 g/mol. The number of hydrogen-bond donors (Lipinski definition) is 0. The Kier molecular flexibility index (Phi) is 2.36. The maximum Gasteiger partial charge on any atom is 0.143 e. The fourth-order valence-corrected chi connectivity index (χ4v) is 1.23. The molecule has 1 rings (SSSR count). The van der Waals surface area contributed by atoms with Gasteiger partial charge >= 0.3 is 0 Å². The van der Waals surface area contributed by atoms with Crippen molar-refractivity contribution in [2.75, 3.05) is 5.52 Å². The zero-order valence-corrected chi connectivity index (χ0v) is 6.54. The Morgan fingerprint density at radius 3 is 3.12 bits per heavy atom. The third-order valence-corrected chi connectivity index (χ3v) is 1.61. The minimum absolute atomic E-state index is 0.573. The van der Waals surface area contributed by atoms with E-state index in [1.807, 2.05) is 16.8 Å². The highest BCUT2D eigenvalue weighted by Gasteiger charge is 1.86. The summed E-state index contributed by atoms with van der Waals surface area (Å²) in [6.45, 7) is 0. The lowest BCUT2D eigenvalue weighted by molar-refractivity contribution is 0.400. The number of alkyl halides is 1. The van der Waals surface area contributed by atoms with Gasteiger partial charge < -0.3 is 4.74 Å². The average Bonchev–Trinajstić information content (AvgIpc) is 2.19. The Bertz CT molecular complexity index is 138. The van der Waals surface area contributed by atoms with E-state index < -0.39 is 0 Å². The summed E-state index contributed by atoms with van der Waals surface area (Å²) in [5.74, 6) is 0.937. The summed E-state index contributed by atoms with van der Waals surface area (Å²) in [5, 5.41) is 3.94. The van der Waals surface area contributed by atoms with Crippen LogP contribution < -0.4 is 4.74 Å². The van der Waals surface area contributed by atoms with E-state index in [0.717, 1.165) is 5.75 Å². The molecular formula is C5H5BrOS. The summed E-state index contributed by atoms with van der Waals surface area (Å²) in [5.41, 5.74) is 0.573. The third-order valence-electron chi connectivity index (χ3n) is 0.716. The second kappa shape index (κ2) is 3.10. The van der Waals surface area contributed by atoms with Gasteiger partial charge in [-0.2, -0.15) is 0 Å². The van der Waals surface area contributed by atoms with E-state index in [4.69, 9.17) is 4.74 Å². The smallest absolute Gasteiger partial charge is 0.143 e. The van der Waals surface area contributed by atoms with Crippen LogP contribution in [-0.2, 0) is 0 Å². The van der Waals surface area contributed by atoms with E-state index in [9.17, 15) is 0 Å². The van der Waals surface area contributed by atoms with Gasteiger partial charge in [0.2, 0.25) is 0 Å². The first-order chi connectivity index (χ1) is 3.93. The van der Waals surface area contributed by atoms with Gasteiger partial charge in [0.15, 0.2) is 0 Å². The molecule has 1 nitrogen and oxygen atoms in total. The van der Waals surface area contributed by atoms with Gasteiger partial charge in [-0.1, -0.05) is 0 Å². The summed E-state index contributed by atoms with van der Waals surface area (Å²) in [6.07, 6.45) is 0. The van der Waals surface area contributed by atoms with Crippen LogP contribution in [0.25, 0.3) is 0 Å². The monoisotopic (exact) mass is 192 g/mol. The predicted octanol–water partition coefficient (Wildman–Crippen LogP) is 2.48. The molecule has 0 amide bonds. The molecule has 3 heteroatoms. The minimum Gasteiger partial charge on any atom is -0.482 e. The highest BCUT2D eigenvalue weighted by molar-refractivity contribution is 9.09. The number of rotatable bonds is 2. The lowest BCUT2D eigenvalue weighted by Crippen LogP contribution is -1.83. The molecule has 0 unspecified atom stereocenters. The summed E-state index contributed by atoms with van der Waals surface area (Å²) < 4.78 is 5.07. The normalized spacial score (nSPS) is 9.12. The van der Waals surface area contributed by atoms with Crippen LogP contribution in [0.4, 0.5) is 0 Å². The quantitative estimate of drug-likeness (QED) is 0.655. The van der Waals surface area contributed by atoms with Crippen LogP contribution >= 0.6 is 27.3 Å². The standard InChI is InChI=1S/C5H5BrOS/c6-4-7-5-1-2-8-3-5/h1-3H,4H2. The molecule has 0 spiro atoms. The first kappa shape index (κ1) is 6.11. The summed E-state index contributed by atoms with van der Waals surface area (Å²) in [4.78, 5) is 0. The number of halogens is 1. The summed E-state index contributed by atoms with van der Waals surface area (Å²) >= 11 is 4.79. The Morgan fingerprint density at radius 2 is 2.62 bits per heavy atom. The van der Waals surface area contributed by atoms with Gasteiger partial charge in [-0.15, -0.1) is 11.3 Å². The Hall–Kier alpha value is -0.0200. The molecule has 0 aromatic carbocycles. The molecule has 44 valence electrons. The van der Waals surface area contributed by atoms with E-state index in [1.165, 1.54) is 0 Å². The maximum atomic E-state index is 5.07. The molecule has 0 aliphatic rings. The van der Waals surface area contributed by atoms with E-state index >= 15 is 0 Å². The molecule has 1 aromatic rings. The maximum absolute atomic E-state index is 5.07. The van der Waals surface area contributed by atoms with Crippen molar-refractivity contribution in [2.45, 2.75) is 0 Å². The largest absolute Gasteiger partial charge is 0.482 e. The Morgan fingerprint density at radius 1 is 1.75 bits per heavy atom. The van der Waals surface area contributed by atoms with Crippen LogP contribution in [0.15, 0.2) is 16.8 Å². The lowest BCUT2D eigenvalue weighted by Gasteiger charge is -1.92. The Labute approximate surface area is 60.4 Å². The van der Waals surface area contributed by atoms with Gasteiger partial charge in [-0.05, 0) is 27.4 Å². The van der Waals surface area contributed by atoms with Crippen molar-refractivity contribution in [3.05, 3.63) is 16.8 Å². The third kappa shape index (κ3) is 1.49. The van der Waals surface area contributed by atoms with Gasteiger partial charge in [0.25, 0.3) is 0 Å². The van der Waals surface area contributed by atoms with Crippen molar-refractivity contribution in [1.29, 1.82) is 0 Å². The van der Waals surface area contributed by atoms with Crippen LogP contribution in [-0.4, -0.2) is 5.52 Å². The van der Waals surface area contributed by atoms with E-state index in [1.54, 1.807) is 11.3 Å². The topological polar surface area (TPSA) is 9.23 Å². The summed E-state index contributed by atoms with van der Waals surface area (Å²) in [6, 6.07) is 1.94. The van der Waals surface area contributed by atoms with Crippen LogP contribution in [0.5, 0.6) is 5.75 Å². The van der Waals surface area contributed by atoms with Crippen molar-refractivity contribution in [2.24, 2.45) is 0 Å². The zero-order chi connectivity index (χ0) is 5.82. The van der Waals surface area contributed by atoms with Crippen LogP contribution in [0, 0.1) is 0 Å². The fraction of sp³-hybridized carbons (Fsp3) is 0.200. The predicted molar refractivity (Wildman–Crippen MR) is 38.7 cm³/mol. The van der Waals surface area contributed by atoms with E-state index in [2.05, 4.69) is 15.9 Å². The number of hydrogen-bond acceptors (Lipinski definition) is 2. The second-order valence-corrected chi connectivity index (χ2v) is 2.45. The van der Waals surface area contributed by atoms with E-state index in [0.29, 0.717) is 5.52 Å². The molecule has 1 aromatic heterocycles. The van der Waals surface area contributed by atoms with Gasteiger partial charge in [0.1, 0.15) is 11.3 Å². The highest BCUT2D eigenvalue weighted by Crippen LogP contribution is 2.14. The first-order valence-corrected chi connectivity index (χ1v) is 4.21. The molecule has 0 atom stereocenters. The molecule has 0 bridgehead atoms. The fourth-order valence-electron chi connectivity index (χ4n) is 0.397. The molecule has 0 aliphatic heterocycles. The van der Waals surface area contributed by atoms with Gasteiger partial charge in [0, 0.05) is 5.38 Å². The van der Waals surface area contributed by atoms with Crippen molar-refractivity contribution in [3.8, 4) is 5.75 Å². The van der Waals surface area contributed by atoms with Gasteiger partial charge in [0.05, 0.1) is 0 Å². The molecule has 0 fully saturated rings. The molecule has 1 heterocycles. The van der Waals surface area contributed by atoms with Gasteiger partial charge in [-0.25, -0.2) is 0 Å². The van der Waals surface area contributed by atoms with Crippen molar-refractivity contribution in [1.82, 2.24) is 0 Å². The molecule has 0 aliphatic carbocycles. The Balaban J connectivity index is 2.50. The summed E-state index contributed by atoms with van der Waals surface area (Å²) in [7, 11) is 0.